The molecule has 10 nitrogen and oxygen atoms in total. The number of amides is 1. The molecule has 0 aliphatic carbocycles. The zero-order chi connectivity index (χ0) is 28.0. The summed E-state index contributed by atoms with van der Waals surface area (Å²) in [4.78, 5) is 38.9. The monoisotopic (exact) mass is 535 g/mol. The summed E-state index contributed by atoms with van der Waals surface area (Å²) in [7, 11) is 1.82. The smallest absolute Gasteiger partial charge is 0.410 e. The normalized spacial score (nSPS) is 14.3. The van der Waals surface area contributed by atoms with Crippen LogP contribution in [0.25, 0.3) is 5.69 Å². The van der Waals surface area contributed by atoms with Crippen LogP contribution < -0.4 is 5.43 Å². The Morgan fingerprint density at radius 2 is 1.85 bits per heavy atom. The molecule has 4 rings (SSSR count). The van der Waals surface area contributed by atoms with Crippen molar-refractivity contribution in [2.75, 3.05) is 19.7 Å². The molecule has 1 fully saturated rings. The molecule has 1 saturated heterocycles. The molecule has 0 bridgehead atoms. The minimum atomic E-state index is -0.498. The van der Waals surface area contributed by atoms with Crippen molar-refractivity contribution in [2.45, 2.75) is 58.5 Å². The number of carbonyl (C=O) groups excluding carboxylic acids is 2. The van der Waals surface area contributed by atoms with Crippen LogP contribution in [0, 0.1) is 5.92 Å². The van der Waals surface area contributed by atoms with Crippen molar-refractivity contribution in [2.24, 2.45) is 13.0 Å². The molecule has 1 aliphatic rings. The fourth-order valence-electron chi connectivity index (χ4n) is 4.57. The summed E-state index contributed by atoms with van der Waals surface area (Å²) in [5.74, 6) is 0.129. The zero-order valence-corrected chi connectivity index (χ0v) is 23.1. The molecule has 3 heterocycles. The highest BCUT2D eigenvalue weighted by Gasteiger charge is 2.26. The first kappa shape index (κ1) is 28.1. The van der Waals surface area contributed by atoms with Crippen molar-refractivity contribution in [1.82, 2.24) is 24.5 Å². The number of rotatable bonds is 8. The molecule has 1 aromatic carbocycles. The van der Waals surface area contributed by atoms with Gasteiger partial charge in [-0.1, -0.05) is 24.3 Å². The number of aryl methyl sites for hydroxylation is 1. The van der Waals surface area contributed by atoms with E-state index in [2.05, 4.69) is 10.2 Å². The Morgan fingerprint density at radius 3 is 2.54 bits per heavy atom. The molecule has 0 spiro atoms. The van der Waals surface area contributed by atoms with Crippen LogP contribution in [0.5, 0.6) is 0 Å². The van der Waals surface area contributed by atoms with E-state index in [0.717, 1.165) is 36.1 Å². The average molecular weight is 536 g/mol. The molecule has 0 saturated carbocycles. The van der Waals surface area contributed by atoms with Crippen LogP contribution in [0.1, 0.15) is 56.9 Å². The number of piperidine rings is 1. The summed E-state index contributed by atoms with van der Waals surface area (Å²) in [5.41, 5.74) is 2.26. The molecule has 2 aromatic heterocycles. The number of carbonyl (C=O) groups is 2. The van der Waals surface area contributed by atoms with Gasteiger partial charge in [0, 0.05) is 38.8 Å². The van der Waals surface area contributed by atoms with Crippen molar-refractivity contribution in [3.63, 3.8) is 0 Å². The van der Waals surface area contributed by atoms with E-state index in [9.17, 15) is 14.4 Å². The standard InChI is InChI=1S/C29H37N5O5/c1-29(2,3)39-28(37)33-12-8-21(9-13-33)11-15-38-27(36)18-23-7-5-6-22(16-23)17-25-26(35)10-14-34(31-25)24-19-30-32(4)20-24/h5-7,10,14,16,19-21H,8-9,11-13,15,17-18H2,1-4H3. The minimum absolute atomic E-state index is 0.142. The second-order valence-corrected chi connectivity index (χ2v) is 11.0. The van der Waals surface area contributed by atoms with Crippen LogP contribution in [0.2, 0.25) is 0 Å². The molecule has 3 aromatic rings. The topological polar surface area (TPSA) is 109 Å². The fraction of sp³-hybridized carbons (Fsp3) is 0.483. The van der Waals surface area contributed by atoms with Gasteiger partial charge < -0.3 is 14.4 Å². The van der Waals surface area contributed by atoms with Gasteiger partial charge in [0.05, 0.1) is 25.4 Å². The minimum Gasteiger partial charge on any atom is -0.465 e. The molecular formula is C29H37N5O5. The van der Waals surface area contributed by atoms with Gasteiger partial charge in [0.15, 0.2) is 0 Å². The van der Waals surface area contributed by atoms with Crippen LogP contribution in [0.3, 0.4) is 0 Å². The van der Waals surface area contributed by atoms with Crippen LogP contribution in [0.15, 0.2) is 53.7 Å². The van der Waals surface area contributed by atoms with Crippen molar-refractivity contribution >= 4 is 12.1 Å². The van der Waals surface area contributed by atoms with E-state index in [-0.39, 0.29) is 23.9 Å². The maximum Gasteiger partial charge on any atom is 0.410 e. The highest BCUT2D eigenvalue weighted by molar-refractivity contribution is 5.72. The number of hydrogen-bond acceptors (Lipinski definition) is 7. The van der Waals surface area contributed by atoms with Gasteiger partial charge in [-0.3, -0.25) is 14.3 Å². The second kappa shape index (κ2) is 12.3. The first-order chi connectivity index (χ1) is 18.6. The molecule has 0 atom stereocenters. The predicted molar refractivity (Wildman–Crippen MR) is 146 cm³/mol. The summed E-state index contributed by atoms with van der Waals surface area (Å²) < 4.78 is 14.3. The molecule has 1 aliphatic heterocycles. The highest BCUT2D eigenvalue weighted by atomic mass is 16.6. The first-order valence-electron chi connectivity index (χ1n) is 13.3. The highest BCUT2D eigenvalue weighted by Crippen LogP contribution is 2.22. The van der Waals surface area contributed by atoms with Gasteiger partial charge >= 0.3 is 12.1 Å². The number of hydrogen-bond donors (Lipinski definition) is 0. The third-order valence-corrected chi connectivity index (χ3v) is 6.60. The van der Waals surface area contributed by atoms with Gasteiger partial charge in [0.25, 0.3) is 0 Å². The number of likely N-dealkylation sites (tertiary alicyclic amines) is 1. The van der Waals surface area contributed by atoms with E-state index >= 15 is 0 Å². The summed E-state index contributed by atoms with van der Waals surface area (Å²) >= 11 is 0. The summed E-state index contributed by atoms with van der Waals surface area (Å²) in [6.45, 7) is 7.27. The van der Waals surface area contributed by atoms with Gasteiger partial charge in [0.1, 0.15) is 17.0 Å². The van der Waals surface area contributed by atoms with E-state index in [1.165, 1.54) is 6.07 Å². The van der Waals surface area contributed by atoms with Crippen LogP contribution in [0.4, 0.5) is 4.79 Å². The third-order valence-electron chi connectivity index (χ3n) is 6.60. The summed E-state index contributed by atoms with van der Waals surface area (Å²) in [6, 6.07) is 9.08. The zero-order valence-electron chi connectivity index (χ0n) is 23.1. The van der Waals surface area contributed by atoms with Crippen molar-refractivity contribution in [3.05, 3.63) is 76.0 Å². The van der Waals surface area contributed by atoms with Crippen LogP contribution >= 0.6 is 0 Å². The lowest BCUT2D eigenvalue weighted by Crippen LogP contribution is -2.41. The number of benzene rings is 1. The van der Waals surface area contributed by atoms with Gasteiger partial charge in [0.2, 0.25) is 5.43 Å². The predicted octanol–water partition coefficient (Wildman–Crippen LogP) is 3.68. The summed E-state index contributed by atoms with van der Waals surface area (Å²) in [5, 5.41) is 8.64. The lowest BCUT2D eigenvalue weighted by Gasteiger charge is -2.33. The molecule has 0 radical (unpaired) electrons. The number of esters is 1. The largest absolute Gasteiger partial charge is 0.465 e. The lowest BCUT2D eigenvalue weighted by molar-refractivity contribution is -0.143. The van der Waals surface area contributed by atoms with E-state index in [4.69, 9.17) is 9.47 Å². The Balaban J connectivity index is 1.24. The van der Waals surface area contributed by atoms with Crippen molar-refractivity contribution in [1.29, 1.82) is 0 Å². The molecule has 10 heteroatoms. The molecule has 39 heavy (non-hydrogen) atoms. The Kier molecular flexibility index (Phi) is 8.83. The van der Waals surface area contributed by atoms with Crippen molar-refractivity contribution < 1.29 is 19.1 Å². The van der Waals surface area contributed by atoms with E-state index in [0.29, 0.717) is 37.7 Å². The SMILES string of the molecule is Cn1cc(-n2ccc(=O)c(Cc3cccc(CC(=O)OCCC4CCN(C(=O)OC(C)(C)C)CC4)c3)n2)cn1. The number of ether oxygens (including phenoxy) is 2. The number of nitrogens with zero attached hydrogens (tertiary/aromatic N) is 5. The quantitative estimate of drug-likeness (QED) is 0.405. The number of aromatic nitrogens is 4. The van der Waals surface area contributed by atoms with Crippen molar-refractivity contribution in [3.8, 4) is 5.69 Å². The molecule has 0 N–H and O–H groups in total. The van der Waals surface area contributed by atoms with Crippen LogP contribution in [-0.2, 0) is 34.2 Å². The Bertz CT molecular complexity index is 1350. The molecule has 208 valence electrons. The van der Waals surface area contributed by atoms with E-state index < -0.39 is 5.60 Å². The van der Waals surface area contributed by atoms with Gasteiger partial charge in [-0.2, -0.15) is 10.2 Å². The Morgan fingerprint density at radius 1 is 1.10 bits per heavy atom. The van der Waals surface area contributed by atoms with E-state index in [1.807, 2.05) is 58.3 Å². The second-order valence-electron chi connectivity index (χ2n) is 11.0. The van der Waals surface area contributed by atoms with Gasteiger partial charge in [-0.25, -0.2) is 9.48 Å². The fourth-order valence-corrected chi connectivity index (χ4v) is 4.57. The summed E-state index contributed by atoms with van der Waals surface area (Å²) in [6.07, 6.45) is 7.88. The Labute approximate surface area is 228 Å². The Hall–Kier alpha value is -3.95. The average Bonchev–Trinajstić information content (AvgIpc) is 3.31. The van der Waals surface area contributed by atoms with E-state index in [1.54, 1.807) is 26.7 Å². The first-order valence-corrected chi connectivity index (χ1v) is 13.3. The molecule has 0 unspecified atom stereocenters. The maximum absolute atomic E-state index is 12.5. The molecular weight excluding hydrogens is 498 g/mol. The molecule has 1 amide bonds. The van der Waals surface area contributed by atoms with Gasteiger partial charge in [-0.15, -0.1) is 0 Å². The lowest BCUT2D eigenvalue weighted by atomic mass is 9.94. The maximum atomic E-state index is 12.5. The van der Waals surface area contributed by atoms with Crippen LogP contribution in [-0.4, -0.2) is 61.8 Å². The third kappa shape index (κ3) is 8.27. The van der Waals surface area contributed by atoms with Gasteiger partial charge in [-0.05, 0) is 57.1 Å².